The monoisotopic (exact) mass is 276 g/mol. The molecule has 0 unspecified atom stereocenters. The maximum absolute atomic E-state index is 5.82. The van der Waals surface area contributed by atoms with Gasteiger partial charge in [-0.25, -0.2) is 0 Å². The van der Waals surface area contributed by atoms with Gasteiger partial charge in [-0.15, -0.1) is 0 Å². The number of hydrogen-bond acceptors (Lipinski definition) is 2. The quantitative estimate of drug-likeness (QED) is 0.595. The predicted molar refractivity (Wildman–Crippen MR) is 83.0 cm³/mol. The average molecular weight is 276 g/mol. The molecule has 1 aromatic carbocycles. The normalized spacial score (nSPS) is 16.9. The lowest BCUT2D eigenvalue weighted by Gasteiger charge is -2.40. The van der Waals surface area contributed by atoms with Crippen LogP contribution in [0.3, 0.4) is 0 Å². The Morgan fingerprint density at radius 2 is 1.80 bits per heavy atom. The fourth-order valence-corrected chi connectivity index (χ4v) is 2.60. The van der Waals surface area contributed by atoms with Crippen LogP contribution < -0.4 is 0 Å². The van der Waals surface area contributed by atoms with E-state index < -0.39 is 0 Å². The molecular formula is C18H28O2. The molecule has 0 saturated carbocycles. The number of aryl methyl sites for hydroxylation is 1. The third kappa shape index (κ3) is 4.92. The van der Waals surface area contributed by atoms with Crippen molar-refractivity contribution in [3.8, 4) is 0 Å². The summed E-state index contributed by atoms with van der Waals surface area (Å²) in [4.78, 5) is 0. The van der Waals surface area contributed by atoms with E-state index in [1.54, 1.807) is 0 Å². The molecule has 0 N–H and O–H groups in total. The van der Waals surface area contributed by atoms with Gasteiger partial charge < -0.3 is 9.47 Å². The first kappa shape index (κ1) is 15.5. The van der Waals surface area contributed by atoms with E-state index in [4.69, 9.17) is 9.47 Å². The van der Waals surface area contributed by atoms with Gasteiger partial charge in [0.15, 0.2) is 0 Å². The maximum Gasteiger partial charge on any atom is 0.0566 e. The molecule has 0 bridgehead atoms. The van der Waals surface area contributed by atoms with Gasteiger partial charge >= 0.3 is 0 Å². The Morgan fingerprint density at radius 1 is 1.05 bits per heavy atom. The topological polar surface area (TPSA) is 18.5 Å². The van der Waals surface area contributed by atoms with Crippen LogP contribution in [0.4, 0.5) is 0 Å². The van der Waals surface area contributed by atoms with E-state index >= 15 is 0 Å². The van der Waals surface area contributed by atoms with Gasteiger partial charge in [-0.05, 0) is 31.2 Å². The summed E-state index contributed by atoms with van der Waals surface area (Å²) in [5.41, 5.74) is 1.80. The fourth-order valence-electron chi connectivity index (χ4n) is 2.60. The standard InChI is InChI=1S/C18H28O2/c1-2-18(15-20-16-18)14-19-13-9-4-3-6-10-17-11-7-5-8-12-17/h5,7-8,11-12H,2-4,6,9-10,13-16H2,1H3. The molecule has 1 saturated heterocycles. The highest BCUT2D eigenvalue weighted by Crippen LogP contribution is 2.31. The Hall–Kier alpha value is -0.860. The van der Waals surface area contributed by atoms with E-state index in [0.717, 1.165) is 26.4 Å². The van der Waals surface area contributed by atoms with Crippen LogP contribution in [0.2, 0.25) is 0 Å². The lowest BCUT2D eigenvalue weighted by Crippen LogP contribution is -2.45. The Labute approximate surface area is 123 Å². The highest BCUT2D eigenvalue weighted by Gasteiger charge is 2.36. The largest absolute Gasteiger partial charge is 0.381 e. The van der Waals surface area contributed by atoms with Crippen LogP contribution >= 0.6 is 0 Å². The second kappa shape index (κ2) is 8.43. The van der Waals surface area contributed by atoms with E-state index in [2.05, 4.69) is 37.3 Å². The highest BCUT2D eigenvalue weighted by molar-refractivity contribution is 5.14. The van der Waals surface area contributed by atoms with Gasteiger partial charge in [-0.3, -0.25) is 0 Å². The summed E-state index contributed by atoms with van der Waals surface area (Å²) < 4.78 is 11.1. The van der Waals surface area contributed by atoms with Crippen LogP contribution in [-0.4, -0.2) is 26.4 Å². The zero-order chi connectivity index (χ0) is 14.1. The van der Waals surface area contributed by atoms with Crippen molar-refractivity contribution in [3.63, 3.8) is 0 Å². The highest BCUT2D eigenvalue weighted by atomic mass is 16.5. The SMILES string of the molecule is CCC1(COCCCCCCc2ccccc2)COC1. The van der Waals surface area contributed by atoms with Gasteiger partial charge in [0.1, 0.15) is 0 Å². The van der Waals surface area contributed by atoms with Gasteiger partial charge in [-0.2, -0.15) is 0 Å². The number of rotatable bonds is 10. The minimum absolute atomic E-state index is 0.341. The lowest BCUT2D eigenvalue weighted by molar-refractivity contribution is -0.150. The number of hydrogen-bond donors (Lipinski definition) is 0. The van der Waals surface area contributed by atoms with Crippen LogP contribution in [0.1, 0.15) is 44.6 Å². The number of ether oxygens (including phenoxy) is 2. The maximum atomic E-state index is 5.82. The van der Waals surface area contributed by atoms with Gasteiger partial charge in [0.25, 0.3) is 0 Å². The second-order valence-electron chi connectivity index (χ2n) is 6.05. The van der Waals surface area contributed by atoms with E-state index in [1.807, 2.05) is 0 Å². The van der Waals surface area contributed by atoms with E-state index in [1.165, 1.54) is 44.1 Å². The first-order valence-electron chi connectivity index (χ1n) is 8.04. The minimum Gasteiger partial charge on any atom is -0.381 e. The van der Waals surface area contributed by atoms with Crippen molar-refractivity contribution in [3.05, 3.63) is 35.9 Å². The van der Waals surface area contributed by atoms with Crippen molar-refractivity contribution in [2.45, 2.75) is 45.4 Å². The third-order valence-corrected chi connectivity index (χ3v) is 4.32. The number of unbranched alkanes of at least 4 members (excludes halogenated alkanes) is 3. The summed E-state index contributed by atoms with van der Waals surface area (Å²) >= 11 is 0. The van der Waals surface area contributed by atoms with Crippen molar-refractivity contribution in [1.29, 1.82) is 0 Å². The van der Waals surface area contributed by atoms with Crippen molar-refractivity contribution >= 4 is 0 Å². The lowest BCUT2D eigenvalue weighted by atomic mass is 9.84. The van der Waals surface area contributed by atoms with Crippen LogP contribution in [0.25, 0.3) is 0 Å². The summed E-state index contributed by atoms with van der Waals surface area (Å²) in [5, 5.41) is 0. The van der Waals surface area contributed by atoms with Gasteiger partial charge in [-0.1, -0.05) is 50.1 Å². The summed E-state index contributed by atoms with van der Waals surface area (Å²) in [6.07, 6.45) is 7.44. The fraction of sp³-hybridized carbons (Fsp3) is 0.667. The zero-order valence-electron chi connectivity index (χ0n) is 12.8. The molecule has 1 aliphatic heterocycles. The molecule has 1 aliphatic rings. The Kier molecular flexibility index (Phi) is 6.55. The molecular weight excluding hydrogens is 248 g/mol. The molecule has 1 aromatic rings. The average Bonchev–Trinajstić information content (AvgIpc) is 2.45. The predicted octanol–water partition coefficient (Wildman–Crippen LogP) is 4.23. The summed E-state index contributed by atoms with van der Waals surface area (Å²) in [6.45, 7) is 5.80. The van der Waals surface area contributed by atoms with E-state index in [-0.39, 0.29) is 0 Å². The molecule has 0 radical (unpaired) electrons. The molecule has 2 nitrogen and oxygen atoms in total. The summed E-state index contributed by atoms with van der Waals surface area (Å²) in [6, 6.07) is 10.8. The van der Waals surface area contributed by atoms with Gasteiger partial charge in [0.2, 0.25) is 0 Å². The Bertz CT molecular complexity index is 351. The summed E-state index contributed by atoms with van der Waals surface area (Å²) in [7, 11) is 0. The van der Waals surface area contributed by atoms with Gasteiger partial charge in [0.05, 0.1) is 19.8 Å². The van der Waals surface area contributed by atoms with Crippen molar-refractivity contribution in [1.82, 2.24) is 0 Å². The number of benzene rings is 1. The Balaban J connectivity index is 1.42. The molecule has 1 heterocycles. The van der Waals surface area contributed by atoms with E-state index in [9.17, 15) is 0 Å². The molecule has 0 spiro atoms. The first-order valence-corrected chi connectivity index (χ1v) is 8.04. The van der Waals surface area contributed by atoms with Crippen molar-refractivity contribution in [2.24, 2.45) is 5.41 Å². The molecule has 0 aromatic heterocycles. The molecule has 0 amide bonds. The smallest absolute Gasteiger partial charge is 0.0566 e. The molecule has 0 aliphatic carbocycles. The molecule has 20 heavy (non-hydrogen) atoms. The zero-order valence-corrected chi connectivity index (χ0v) is 12.8. The first-order chi connectivity index (χ1) is 9.85. The van der Waals surface area contributed by atoms with Crippen LogP contribution in [-0.2, 0) is 15.9 Å². The molecule has 1 fully saturated rings. The second-order valence-corrected chi connectivity index (χ2v) is 6.05. The molecule has 2 rings (SSSR count). The summed E-state index contributed by atoms with van der Waals surface area (Å²) in [5.74, 6) is 0. The van der Waals surface area contributed by atoms with Crippen molar-refractivity contribution in [2.75, 3.05) is 26.4 Å². The molecule has 112 valence electrons. The minimum atomic E-state index is 0.341. The Morgan fingerprint density at radius 3 is 2.45 bits per heavy atom. The molecule has 2 heteroatoms. The van der Waals surface area contributed by atoms with Crippen LogP contribution in [0, 0.1) is 5.41 Å². The molecule has 0 atom stereocenters. The van der Waals surface area contributed by atoms with Crippen molar-refractivity contribution < 1.29 is 9.47 Å². The van der Waals surface area contributed by atoms with Gasteiger partial charge in [0, 0.05) is 12.0 Å². The third-order valence-electron chi connectivity index (χ3n) is 4.32. The van der Waals surface area contributed by atoms with Crippen LogP contribution in [0.15, 0.2) is 30.3 Å². The van der Waals surface area contributed by atoms with E-state index in [0.29, 0.717) is 5.41 Å². The van der Waals surface area contributed by atoms with Crippen LogP contribution in [0.5, 0.6) is 0 Å².